The number of halogens is 4. The third-order valence-corrected chi connectivity index (χ3v) is 6.26. The van der Waals surface area contributed by atoms with Crippen molar-refractivity contribution in [1.82, 2.24) is 19.2 Å². The van der Waals surface area contributed by atoms with E-state index < -0.39 is 41.5 Å². The fourth-order valence-electron chi connectivity index (χ4n) is 4.43. The predicted octanol–water partition coefficient (Wildman–Crippen LogP) is 3.23. The minimum atomic E-state index is -4.68. The number of alkyl halides is 3. The van der Waals surface area contributed by atoms with Gasteiger partial charge in [-0.1, -0.05) is 25.4 Å². The lowest BCUT2D eigenvalue weighted by Gasteiger charge is -2.38. The second-order valence-corrected chi connectivity index (χ2v) is 9.14. The van der Waals surface area contributed by atoms with Gasteiger partial charge in [0.05, 0.1) is 24.3 Å². The molecule has 1 N–H and O–H groups in total. The Labute approximate surface area is 192 Å². The van der Waals surface area contributed by atoms with E-state index in [9.17, 15) is 27.9 Å². The highest BCUT2D eigenvalue weighted by Crippen LogP contribution is 2.35. The molecule has 2 saturated heterocycles. The zero-order chi connectivity index (χ0) is 24.1. The molecule has 2 aromatic heterocycles. The van der Waals surface area contributed by atoms with Gasteiger partial charge in [-0.3, -0.25) is 14.1 Å². The van der Waals surface area contributed by atoms with Gasteiger partial charge in [-0.15, -0.1) is 0 Å². The van der Waals surface area contributed by atoms with Gasteiger partial charge in [0.15, 0.2) is 11.3 Å². The molecule has 33 heavy (non-hydrogen) atoms. The summed E-state index contributed by atoms with van der Waals surface area (Å²) in [6, 6.07) is 0.535. The minimum Gasteiger partial charge on any atom is -0.448 e. The number of aliphatic hydroxyl groups excluding tert-OH is 1. The molecule has 0 unspecified atom stereocenters. The first-order valence-electron chi connectivity index (χ1n) is 10.7. The number of carbonyl (C=O) groups is 2. The molecule has 2 aromatic rings. The Bertz CT molecular complexity index is 1090. The fraction of sp³-hybridized carbons (Fsp3) is 0.571. The van der Waals surface area contributed by atoms with Crippen molar-refractivity contribution in [3.8, 4) is 0 Å². The maximum atomic E-state index is 13.7. The van der Waals surface area contributed by atoms with Gasteiger partial charge < -0.3 is 14.7 Å². The summed E-state index contributed by atoms with van der Waals surface area (Å²) >= 11 is 6.34. The van der Waals surface area contributed by atoms with Crippen LogP contribution >= 0.6 is 11.6 Å². The maximum Gasteiger partial charge on any atom is 0.419 e. The van der Waals surface area contributed by atoms with Gasteiger partial charge in [-0.25, -0.2) is 9.78 Å². The van der Waals surface area contributed by atoms with E-state index in [4.69, 9.17) is 16.3 Å². The molecule has 4 rings (SSSR count). The summed E-state index contributed by atoms with van der Waals surface area (Å²) in [6.45, 7) is 4.44. The lowest BCUT2D eigenvalue weighted by molar-refractivity contribution is -0.136. The number of ether oxygens (including phenoxy) is 1. The van der Waals surface area contributed by atoms with Crippen LogP contribution in [0.25, 0.3) is 5.65 Å². The van der Waals surface area contributed by atoms with Crippen LogP contribution in [-0.4, -0.2) is 74.7 Å². The number of aliphatic hydroxyl groups is 1. The average Bonchev–Trinajstić information content (AvgIpc) is 3.29. The SMILES string of the molecule is CC(C)Cc1cc(C(F)(F)F)c2nc(C(=O)N3CC[C@@H](N4CCOC4=O)[C@H](O)C3)c(Cl)n2c1. The van der Waals surface area contributed by atoms with E-state index in [1.54, 1.807) is 0 Å². The second kappa shape index (κ2) is 8.68. The number of hydrogen-bond donors (Lipinski definition) is 1. The molecule has 2 fully saturated rings. The van der Waals surface area contributed by atoms with Crippen LogP contribution in [0.4, 0.5) is 18.0 Å². The molecule has 180 valence electrons. The van der Waals surface area contributed by atoms with Crippen LogP contribution in [0, 0.1) is 5.92 Å². The largest absolute Gasteiger partial charge is 0.448 e. The third kappa shape index (κ3) is 4.48. The summed E-state index contributed by atoms with van der Waals surface area (Å²) in [5, 5.41) is 10.3. The van der Waals surface area contributed by atoms with Gasteiger partial charge >= 0.3 is 12.3 Å². The highest BCUT2D eigenvalue weighted by molar-refractivity contribution is 6.33. The Kier molecular flexibility index (Phi) is 6.21. The van der Waals surface area contributed by atoms with Gasteiger partial charge in [-0.05, 0) is 30.4 Å². The number of likely N-dealkylation sites (tertiary alicyclic amines) is 1. The zero-order valence-electron chi connectivity index (χ0n) is 18.1. The number of fused-ring (bicyclic) bond motifs is 1. The van der Waals surface area contributed by atoms with Gasteiger partial charge in [0, 0.05) is 19.3 Å². The van der Waals surface area contributed by atoms with Gasteiger partial charge in [0.25, 0.3) is 5.91 Å². The Balaban J connectivity index is 1.63. The van der Waals surface area contributed by atoms with E-state index in [0.717, 1.165) is 10.5 Å². The van der Waals surface area contributed by atoms with Crippen molar-refractivity contribution in [2.24, 2.45) is 5.92 Å². The van der Waals surface area contributed by atoms with E-state index in [1.807, 2.05) is 13.8 Å². The summed E-state index contributed by atoms with van der Waals surface area (Å²) < 4.78 is 47.2. The molecule has 2 atom stereocenters. The van der Waals surface area contributed by atoms with Crippen molar-refractivity contribution in [2.45, 2.75) is 45.0 Å². The molecule has 2 aliphatic heterocycles. The maximum absolute atomic E-state index is 13.7. The van der Waals surface area contributed by atoms with Gasteiger partial charge in [0.2, 0.25) is 0 Å². The lowest BCUT2D eigenvalue weighted by atomic mass is 10.00. The number of β-amino-alcohol motifs (C(OH)–C–C–N with tert-alkyl or cyclic N) is 1. The van der Waals surface area contributed by atoms with Gasteiger partial charge in [0.1, 0.15) is 11.8 Å². The number of imidazole rings is 1. The normalized spacial score (nSPS) is 21.9. The smallest absolute Gasteiger partial charge is 0.419 e. The summed E-state index contributed by atoms with van der Waals surface area (Å²) in [5.74, 6) is -0.564. The van der Waals surface area contributed by atoms with Crippen molar-refractivity contribution in [2.75, 3.05) is 26.2 Å². The fourth-order valence-corrected chi connectivity index (χ4v) is 4.68. The van der Waals surface area contributed by atoms with E-state index >= 15 is 0 Å². The number of pyridine rings is 1. The van der Waals surface area contributed by atoms with Crippen LogP contribution in [0.1, 0.15) is 41.9 Å². The van der Waals surface area contributed by atoms with Crippen LogP contribution in [0.5, 0.6) is 0 Å². The molecule has 0 aromatic carbocycles. The van der Waals surface area contributed by atoms with E-state index in [1.165, 1.54) is 16.0 Å². The van der Waals surface area contributed by atoms with Crippen molar-refractivity contribution >= 4 is 29.2 Å². The van der Waals surface area contributed by atoms with Crippen molar-refractivity contribution in [3.05, 3.63) is 34.2 Å². The molecule has 2 aliphatic rings. The Morgan fingerprint density at radius 3 is 2.67 bits per heavy atom. The third-order valence-electron chi connectivity index (χ3n) is 5.90. The van der Waals surface area contributed by atoms with Crippen LogP contribution < -0.4 is 0 Å². The Morgan fingerprint density at radius 2 is 2.09 bits per heavy atom. The topological polar surface area (TPSA) is 87.4 Å². The molecule has 8 nitrogen and oxygen atoms in total. The molecule has 0 spiro atoms. The van der Waals surface area contributed by atoms with Crippen LogP contribution in [0.3, 0.4) is 0 Å². The lowest BCUT2D eigenvalue weighted by Crippen LogP contribution is -2.55. The number of rotatable bonds is 4. The number of hydrogen-bond acceptors (Lipinski definition) is 5. The molecular weight excluding hydrogens is 465 g/mol. The first-order chi connectivity index (χ1) is 15.5. The van der Waals surface area contributed by atoms with Crippen LogP contribution in [0.2, 0.25) is 5.15 Å². The Morgan fingerprint density at radius 1 is 1.36 bits per heavy atom. The highest BCUT2D eigenvalue weighted by Gasteiger charge is 2.40. The predicted molar refractivity (Wildman–Crippen MR) is 112 cm³/mol. The minimum absolute atomic E-state index is 0.109. The molecule has 4 heterocycles. The number of cyclic esters (lactones) is 1. The Hall–Kier alpha value is -2.53. The molecule has 0 saturated carbocycles. The van der Waals surface area contributed by atoms with Crippen molar-refractivity contribution < 1.29 is 32.6 Å². The molecule has 0 aliphatic carbocycles. The number of amides is 2. The summed E-state index contributed by atoms with van der Waals surface area (Å²) in [5.41, 5.74) is -1.29. The standard InChI is InChI=1S/C21H24ClF3N4O4/c1-11(2)7-12-8-13(21(23,24)25)18-26-16(17(22)29(18)9-12)19(31)27-4-3-14(15(30)10-27)28-5-6-33-20(28)32/h8-9,11,14-15,30H,3-7,10H2,1-2H3/t14-,15-/m1/s1. The van der Waals surface area contributed by atoms with Crippen molar-refractivity contribution in [3.63, 3.8) is 0 Å². The summed E-state index contributed by atoms with van der Waals surface area (Å²) in [7, 11) is 0. The molecular formula is C21H24ClF3N4O4. The molecule has 0 bridgehead atoms. The summed E-state index contributed by atoms with van der Waals surface area (Å²) in [6.07, 6.45) is -4.07. The average molecular weight is 489 g/mol. The molecule has 2 amide bonds. The first kappa shape index (κ1) is 23.6. The van der Waals surface area contributed by atoms with E-state index in [0.29, 0.717) is 24.9 Å². The van der Waals surface area contributed by atoms with E-state index in [2.05, 4.69) is 4.98 Å². The van der Waals surface area contributed by atoms with E-state index in [-0.39, 0.29) is 36.5 Å². The van der Waals surface area contributed by atoms with Crippen LogP contribution in [0.15, 0.2) is 12.3 Å². The number of carbonyl (C=O) groups excluding carboxylic acids is 2. The highest BCUT2D eigenvalue weighted by atomic mass is 35.5. The monoisotopic (exact) mass is 488 g/mol. The molecule has 12 heteroatoms. The number of aromatic nitrogens is 2. The second-order valence-electron chi connectivity index (χ2n) is 8.78. The molecule has 0 radical (unpaired) electrons. The van der Waals surface area contributed by atoms with Crippen molar-refractivity contribution in [1.29, 1.82) is 0 Å². The number of nitrogens with zero attached hydrogens (tertiary/aromatic N) is 4. The van der Waals surface area contributed by atoms with Gasteiger partial charge in [-0.2, -0.15) is 13.2 Å². The summed E-state index contributed by atoms with van der Waals surface area (Å²) in [4.78, 5) is 31.6. The first-order valence-corrected chi connectivity index (χ1v) is 11.0. The number of piperidine rings is 1. The quantitative estimate of drug-likeness (QED) is 0.714. The zero-order valence-corrected chi connectivity index (χ0v) is 18.9. The van der Waals surface area contributed by atoms with Crippen LogP contribution in [-0.2, 0) is 17.3 Å².